The number of hydrogen-bond acceptors (Lipinski definition) is 7. The van der Waals surface area contributed by atoms with Crippen molar-refractivity contribution < 1.29 is 13.6 Å². The van der Waals surface area contributed by atoms with Gasteiger partial charge in [-0.15, -0.1) is 21.5 Å². The van der Waals surface area contributed by atoms with Gasteiger partial charge in [-0.3, -0.25) is 4.79 Å². The fourth-order valence-electron chi connectivity index (χ4n) is 2.41. The number of nitrogens with one attached hydrogen (secondary N) is 1. The number of rotatable bonds is 6. The van der Waals surface area contributed by atoms with Crippen LogP contribution < -0.4 is 11.2 Å². The molecular formula is C16H14F2N6OS2. The molecule has 140 valence electrons. The highest BCUT2D eigenvalue weighted by molar-refractivity contribution is 7.99. The third-order valence-corrected chi connectivity index (χ3v) is 5.63. The Balaban J connectivity index is 1.36. The lowest BCUT2D eigenvalue weighted by atomic mass is 10.2. The lowest BCUT2D eigenvalue weighted by Gasteiger charge is -2.03. The normalized spacial score (nSPS) is 13.7. The molecule has 1 aliphatic carbocycles. The number of benzene rings is 1. The van der Waals surface area contributed by atoms with Crippen molar-refractivity contribution in [3.05, 3.63) is 41.0 Å². The van der Waals surface area contributed by atoms with Crippen LogP contribution in [0.25, 0.3) is 11.3 Å². The van der Waals surface area contributed by atoms with Gasteiger partial charge < -0.3 is 11.2 Å². The minimum atomic E-state index is -0.945. The number of aromatic nitrogens is 4. The van der Waals surface area contributed by atoms with Crippen LogP contribution in [0.2, 0.25) is 0 Å². The summed E-state index contributed by atoms with van der Waals surface area (Å²) in [7, 11) is 0. The van der Waals surface area contributed by atoms with Gasteiger partial charge in [0.25, 0.3) is 0 Å². The zero-order chi connectivity index (χ0) is 19.0. The van der Waals surface area contributed by atoms with Crippen LogP contribution in [0.5, 0.6) is 0 Å². The molecule has 0 bridgehead atoms. The van der Waals surface area contributed by atoms with Gasteiger partial charge in [0.15, 0.2) is 22.6 Å². The van der Waals surface area contributed by atoms with Crippen LogP contribution in [0.4, 0.5) is 13.9 Å². The third-order valence-electron chi connectivity index (χ3n) is 3.93. The zero-order valence-corrected chi connectivity index (χ0v) is 15.5. The molecule has 0 unspecified atom stereocenters. The maximum absolute atomic E-state index is 13.3. The number of amides is 1. The average molecular weight is 408 g/mol. The Kier molecular flexibility index (Phi) is 4.79. The van der Waals surface area contributed by atoms with Crippen molar-refractivity contribution in [3.63, 3.8) is 0 Å². The van der Waals surface area contributed by atoms with Gasteiger partial charge in [0.2, 0.25) is 11.1 Å². The number of hydrogen-bond donors (Lipinski definition) is 2. The van der Waals surface area contributed by atoms with E-state index in [0.29, 0.717) is 27.5 Å². The number of anilines is 1. The second kappa shape index (κ2) is 7.24. The summed E-state index contributed by atoms with van der Waals surface area (Å²) in [5, 5.41) is 13.2. The Hall–Kier alpha value is -2.53. The molecule has 0 saturated heterocycles. The van der Waals surface area contributed by atoms with Crippen molar-refractivity contribution in [2.45, 2.75) is 23.9 Å². The predicted molar refractivity (Wildman–Crippen MR) is 99.0 cm³/mol. The molecular weight excluding hydrogens is 394 g/mol. The van der Waals surface area contributed by atoms with Gasteiger partial charge in [-0.05, 0) is 31.0 Å². The van der Waals surface area contributed by atoms with E-state index in [1.165, 1.54) is 33.8 Å². The first-order chi connectivity index (χ1) is 13.0. The monoisotopic (exact) mass is 408 g/mol. The molecule has 1 saturated carbocycles. The standard InChI is InChI=1S/C16H14F2N6OS2/c17-10-4-3-9(5-11(10)18)12-6-26-15(20-12)21-13(25)7-27-16-23-22-14(24(16)19)8-1-2-8/h3-6,8H,1-2,7,19H2,(H,20,21,25). The van der Waals surface area contributed by atoms with Gasteiger partial charge in [0.05, 0.1) is 11.4 Å². The second-order valence-electron chi connectivity index (χ2n) is 5.99. The van der Waals surface area contributed by atoms with E-state index < -0.39 is 11.6 Å². The third kappa shape index (κ3) is 3.93. The van der Waals surface area contributed by atoms with Crippen molar-refractivity contribution in [2.75, 3.05) is 16.9 Å². The molecule has 7 nitrogen and oxygen atoms in total. The second-order valence-corrected chi connectivity index (χ2v) is 7.79. The first-order valence-electron chi connectivity index (χ1n) is 8.05. The first-order valence-corrected chi connectivity index (χ1v) is 9.92. The summed E-state index contributed by atoms with van der Waals surface area (Å²) in [6, 6.07) is 3.54. The fraction of sp³-hybridized carbons (Fsp3) is 0.250. The van der Waals surface area contributed by atoms with Gasteiger partial charge in [-0.25, -0.2) is 18.4 Å². The lowest BCUT2D eigenvalue weighted by molar-refractivity contribution is -0.113. The number of nitrogens with two attached hydrogens (primary N) is 1. The highest BCUT2D eigenvalue weighted by Gasteiger charge is 2.30. The van der Waals surface area contributed by atoms with E-state index in [1.54, 1.807) is 5.38 Å². The Labute approximate surface area is 161 Å². The highest BCUT2D eigenvalue weighted by atomic mass is 32.2. The van der Waals surface area contributed by atoms with E-state index in [2.05, 4.69) is 20.5 Å². The molecule has 1 aromatic carbocycles. The molecule has 0 atom stereocenters. The van der Waals surface area contributed by atoms with Crippen LogP contribution in [0.15, 0.2) is 28.7 Å². The van der Waals surface area contributed by atoms with Gasteiger partial charge in [0, 0.05) is 16.9 Å². The topological polar surface area (TPSA) is 98.7 Å². The van der Waals surface area contributed by atoms with E-state index in [4.69, 9.17) is 5.84 Å². The van der Waals surface area contributed by atoms with Gasteiger partial charge in [0.1, 0.15) is 0 Å². The predicted octanol–water partition coefficient (Wildman–Crippen LogP) is 3.00. The number of thiazole rings is 1. The summed E-state index contributed by atoms with van der Waals surface area (Å²) in [4.78, 5) is 16.4. The molecule has 0 aliphatic heterocycles. The van der Waals surface area contributed by atoms with Crippen molar-refractivity contribution in [1.29, 1.82) is 0 Å². The Morgan fingerprint density at radius 3 is 2.89 bits per heavy atom. The van der Waals surface area contributed by atoms with E-state index in [0.717, 1.165) is 30.8 Å². The molecule has 1 aliphatic rings. The van der Waals surface area contributed by atoms with Gasteiger partial charge in [-0.2, -0.15) is 0 Å². The summed E-state index contributed by atoms with van der Waals surface area (Å²) in [5.74, 6) is 5.02. The Morgan fingerprint density at radius 1 is 1.33 bits per heavy atom. The van der Waals surface area contributed by atoms with Gasteiger partial charge in [-0.1, -0.05) is 11.8 Å². The van der Waals surface area contributed by atoms with Crippen molar-refractivity contribution in [2.24, 2.45) is 0 Å². The Bertz CT molecular complexity index is 1000. The van der Waals surface area contributed by atoms with Gasteiger partial charge >= 0.3 is 0 Å². The number of halogens is 2. The van der Waals surface area contributed by atoms with E-state index >= 15 is 0 Å². The molecule has 4 rings (SSSR count). The quantitative estimate of drug-likeness (QED) is 0.481. The van der Waals surface area contributed by atoms with Crippen molar-refractivity contribution >= 4 is 34.1 Å². The molecule has 2 aromatic heterocycles. The lowest BCUT2D eigenvalue weighted by Crippen LogP contribution is -2.17. The molecule has 11 heteroatoms. The molecule has 0 radical (unpaired) electrons. The Morgan fingerprint density at radius 2 is 2.15 bits per heavy atom. The number of nitrogens with zero attached hydrogens (tertiary/aromatic N) is 4. The van der Waals surface area contributed by atoms with Crippen LogP contribution in [0, 0.1) is 11.6 Å². The molecule has 1 amide bonds. The molecule has 1 fully saturated rings. The van der Waals surface area contributed by atoms with Crippen LogP contribution >= 0.6 is 23.1 Å². The van der Waals surface area contributed by atoms with E-state index in [1.807, 2.05) is 0 Å². The smallest absolute Gasteiger partial charge is 0.236 e. The summed E-state index contributed by atoms with van der Waals surface area (Å²) < 4.78 is 27.8. The molecule has 3 N–H and O–H groups in total. The SMILES string of the molecule is Nn1c(SCC(=O)Nc2nc(-c3ccc(F)c(F)c3)cs2)nnc1C1CC1. The van der Waals surface area contributed by atoms with Crippen molar-refractivity contribution in [1.82, 2.24) is 19.9 Å². The molecule has 2 heterocycles. The number of carbonyl (C=O) groups is 1. The van der Waals surface area contributed by atoms with Crippen LogP contribution in [0.1, 0.15) is 24.6 Å². The number of nitrogen functional groups attached to an aromatic ring is 1. The number of thioether (sulfide) groups is 1. The van der Waals surface area contributed by atoms with Crippen LogP contribution in [-0.2, 0) is 4.79 Å². The maximum Gasteiger partial charge on any atom is 0.236 e. The van der Waals surface area contributed by atoms with Crippen molar-refractivity contribution in [3.8, 4) is 11.3 Å². The fourth-order valence-corrected chi connectivity index (χ4v) is 3.81. The summed E-state index contributed by atoms with van der Waals surface area (Å²) in [6.07, 6.45) is 2.12. The first kappa shape index (κ1) is 17.9. The van der Waals surface area contributed by atoms with Crippen LogP contribution in [-0.4, -0.2) is 31.5 Å². The molecule has 0 spiro atoms. The maximum atomic E-state index is 13.3. The summed E-state index contributed by atoms with van der Waals surface area (Å²) in [6.45, 7) is 0. The van der Waals surface area contributed by atoms with E-state index in [9.17, 15) is 13.6 Å². The van der Waals surface area contributed by atoms with E-state index in [-0.39, 0.29) is 11.7 Å². The highest BCUT2D eigenvalue weighted by Crippen LogP contribution is 2.39. The molecule has 3 aromatic rings. The van der Waals surface area contributed by atoms with Crippen LogP contribution in [0.3, 0.4) is 0 Å². The minimum absolute atomic E-state index is 0.0973. The number of carbonyl (C=O) groups excluding carboxylic acids is 1. The zero-order valence-electron chi connectivity index (χ0n) is 13.9. The minimum Gasteiger partial charge on any atom is -0.336 e. The summed E-state index contributed by atoms with van der Waals surface area (Å²) in [5.41, 5.74) is 0.890. The average Bonchev–Trinajstić information content (AvgIpc) is 3.27. The summed E-state index contributed by atoms with van der Waals surface area (Å²) >= 11 is 2.38. The largest absolute Gasteiger partial charge is 0.336 e. The molecule has 27 heavy (non-hydrogen) atoms.